The highest BCUT2D eigenvalue weighted by Gasteiger charge is 2.41. The van der Waals surface area contributed by atoms with Gasteiger partial charge >= 0.3 is 0 Å². The van der Waals surface area contributed by atoms with E-state index in [4.69, 9.17) is 0 Å². The van der Waals surface area contributed by atoms with Crippen LogP contribution in [-0.2, 0) is 9.59 Å². The summed E-state index contributed by atoms with van der Waals surface area (Å²) in [7, 11) is 0. The Morgan fingerprint density at radius 2 is 1.61 bits per heavy atom. The van der Waals surface area contributed by atoms with E-state index in [0.29, 0.717) is 17.8 Å². The Labute approximate surface area is 169 Å². The van der Waals surface area contributed by atoms with Gasteiger partial charge in [0.05, 0.1) is 5.57 Å². The van der Waals surface area contributed by atoms with Gasteiger partial charge in [0.25, 0.3) is 11.8 Å². The molecule has 0 aliphatic carbocycles. The van der Waals surface area contributed by atoms with Crippen LogP contribution in [0.15, 0.2) is 23.9 Å². The first kappa shape index (κ1) is 20.6. The summed E-state index contributed by atoms with van der Waals surface area (Å²) < 4.78 is 0. The molecule has 0 radical (unpaired) electrons. The van der Waals surface area contributed by atoms with Gasteiger partial charge in [0.15, 0.2) is 0 Å². The second-order valence-corrected chi connectivity index (χ2v) is 7.91. The summed E-state index contributed by atoms with van der Waals surface area (Å²) in [6, 6.07) is 6.08. The quantitative estimate of drug-likeness (QED) is 0.536. The molecule has 0 spiro atoms. The molecular weight excluding hydrogens is 350 g/mol. The van der Waals surface area contributed by atoms with Crippen molar-refractivity contribution in [2.75, 3.05) is 39.3 Å². The maximum Gasteiger partial charge on any atom is 0.277 e. The fourth-order valence-electron chi connectivity index (χ4n) is 4.02. The molecule has 28 heavy (non-hydrogen) atoms. The van der Waals surface area contributed by atoms with Crippen molar-refractivity contribution < 1.29 is 9.59 Å². The normalized spacial score (nSPS) is 18.6. The molecule has 1 aromatic carbocycles. The number of aryl methyl sites for hydroxylation is 2. The van der Waals surface area contributed by atoms with Gasteiger partial charge in [0.2, 0.25) is 0 Å². The van der Waals surface area contributed by atoms with E-state index >= 15 is 0 Å². The summed E-state index contributed by atoms with van der Waals surface area (Å²) in [6.07, 6.45) is 2.96. The first-order valence-electron chi connectivity index (χ1n) is 10.6. The second kappa shape index (κ2) is 8.91. The lowest BCUT2D eigenvalue weighted by Gasteiger charge is -2.36. The minimum Gasteiger partial charge on any atom is -0.364 e. The van der Waals surface area contributed by atoms with Gasteiger partial charge < -0.3 is 9.80 Å². The Balaban J connectivity index is 1.96. The number of piperazine rings is 1. The lowest BCUT2D eigenvalue weighted by atomic mass is 9.99. The third kappa shape index (κ3) is 4.00. The fourth-order valence-corrected chi connectivity index (χ4v) is 4.02. The summed E-state index contributed by atoms with van der Waals surface area (Å²) in [4.78, 5) is 32.6. The maximum absolute atomic E-state index is 13.3. The Bertz CT molecular complexity index is 776. The maximum atomic E-state index is 13.3. The first-order valence-corrected chi connectivity index (χ1v) is 10.6. The number of hydrogen-bond acceptors (Lipinski definition) is 4. The van der Waals surface area contributed by atoms with Crippen LogP contribution in [0, 0.1) is 13.8 Å². The Morgan fingerprint density at radius 1 is 0.893 bits per heavy atom. The highest BCUT2D eigenvalue weighted by atomic mass is 16.2. The average molecular weight is 384 g/mol. The van der Waals surface area contributed by atoms with Gasteiger partial charge in [-0.1, -0.05) is 44.9 Å². The van der Waals surface area contributed by atoms with Gasteiger partial charge in [-0.3, -0.25) is 14.5 Å². The molecule has 3 rings (SSSR count). The Kier molecular flexibility index (Phi) is 6.55. The number of likely N-dealkylation sites (N-methyl/N-ethyl adjacent to an activating group) is 1. The van der Waals surface area contributed by atoms with Crippen LogP contribution in [0.5, 0.6) is 0 Å². The van der Waals surface area contributed by atoms with Crippen LogP contribution in [0.25, 0.3) is 5.57 Å². The van der Waals surface area contributed by atoms with Crippen molar-refractivity contribution in [3.63, 3.8) is 0 Å². The zero-order valence-electron chi connectivity index (χ0n) is 17.8. The number of hydrogen-bond donors (Lipinski definition) is 0. The van der Waals surface area contributed by atoms with E-state index in [1.165, 1.54) is 10.5 Å². The molecule has 1 saturated heterocycles. The third-order valence-corrected chi connectivity index (χ3v) is 6.06. The Hall–Kier alpha value is -2.14. The van der Waals surface area contributed by atoms with Gasteiger partial charge in [0, 0.05) is 32.7 Å². The van der Waals surface area contributed by atoms with Crippen molar-refractivity contribution in [1.82, 2.24) is 14.7 Å². The van der Waals surface area contributed by atoms with Crippen molar-refractivity contribution in [1.29, 1.82) is 0 Å². The van der Waals surface area contributed by atoms with E-state index in [-0.39, 0.29) is 11.8 Å². The van der Waals surface area contributed by atoms with E-state index in [2.05, 4.69) is 37.5 Å². The van der Waals surface area contributed by atoms with Crippen molar-refractivity contribution in [2.45, 2.75) is 47.0 Å². The SMILES string of the molecule is CCCCCN1C(=O)C(c2ccc(C)c(C)c2)=C(N2CCN(CC)CC2)C1=O. The molecule has 2 amide bonds. The molecule has 2 aliphatic rings. The molecule has 5 nitrogen and oxygen atoms in total. The lowest BCUT2D eigenvalue weighted by Crippen LogP contribution is -2.47. The Morgan fingerprint density at radius 3 is 2.21 bits per heavy atom. The second-order valence-electron chi connectivity index (χ2n) is 7.91. The molecule has 1 fully saturated rings. The highest BCUT2D eigenvalue weighted by molar-refractivity contribution is 6.35. The van der Waals surface area contributed by atoms with Gasteiger partial charge in [-0.2, -0.15) is 0 Å². The van der Waals surface area contributed by atoms with Crippen LogP contribution in [0.4, 0.5) is 0 Å². The highest BCUT2D eigenvalue weighted by Crippen LogP contribution is 2.33. The van der Waals surface area contributed by atoms with Gasteiger partial charge in [-0.05, 0) is 43.5 Å². The minimum atomic E-state index is -0.128. The topological polar surface area (TPSA) is 43.9 Å². The van der Waals surface area contributed by atoms with Gasteiger partial charge in [-0.25, -0.2) is 0 Å². The predicted octanol–water partition coefficient (Wildman–Crippen LogP) is 3.21. The summed E-state index contributed by atoms with van der Waals surface area (Å²) in [5.41, 5.74) is 4.41. The molecule has 2 aliphatic heterocycles. The zero-order chi connectivity index (χ0) is 20.3. The molecule has 2 heterocycles. The van der Waals surface area contributed by atoms with Crippen LogP contribution >= 0.6 is 0 Å². The van der Waals surface area contributed by atoms with Crippen LogP contribution in [0.1, 0.15) is 49.8 Å². The lowest BCUT2D eigenvalue weighted by molar-refractivity contribution is -0.137. The number of imide groups is 1. The molecule has 0 N–H and O–H groups in total. The minimum absolute atomic E-state index is 0.112. The average Bonchev–Trinajstić information content (AvgIpc) is 2.95. The zero-order valence-corrected chi connectivity index (χ0v) is 17.8. The van der Waals surface area contributed by atoms with Crippen LogP contribution < -0.4 is 0 Å². The summed E-state index contributed by atoms with van der Waals surface area (Å²) >= 11 is 0. The smallest absolute Gasteiger partial charge is 0.277 e. The van der Waals surface area contributed by atoms with Crippen LogP contribution in [0.2, 0.25) is 0 Å². The van der Waals surface area contributed by atoms with E-state index in [0.717, 1.165) is 63.1 Å². The molecule has 1 aromatic rings. The standard InChI is InChI=1S/C23H33N3O2/c1-5-7-8-11-26-22(27)20(19-10-9-17(3)18(4)16-19)21(23(26)28)25-14-12-24(6-2)13-15-25/h9-10,16H,5-8,11-15H2,1-4H3. The molecule has 152 valence electrons. The number of carbonyl (C=O) groups excluding carboxylic acids is 2. The first-order chi connectivity index (χ1) is 13.5. The largest absolute Gasteiger partial charge is 0.364 e. The van der Waals surface area contributed by atoms with E-state index in [1.54, 1.807) is 0 Å². The molecule has 0 bridgehead atoms. The van der Waals surface area contributed by atoms with Crippen molar-refractivity contribution in [3.8, 4) is 0 Å². The molecular formula is C23H33N3O2. The predicted molar refractivity (Wildman–Crippen MR) is 113 cm³/mol. The summed E-state index contributed by atoms with van der Waals surface area (Å²) in [5, 5.41) is 0. The van der Waals surface area contributed by atoms with Gasteiger partial charge in [-0.15, -0.1) is 0 Å². The van der Waals surface area contributed by atoms with Crippen molar-refractivity contribution in [3.05, 3.63) is 40.6 Å². The molecule has 0 saturated carbocycles. The molecule has 0 atom stereocenters. The van der Waals surface area contributed by atoms with Crippen LogP contribution in [-0.4, -0.2) is 65.8 Å². The number of rotatable bonds is 7. The number of carbonyl (C=O) groups is 2. The summed E-state index contributed by atoms with van der Waals surface area (Å²) in [6.45, 7) is 13.4. The number of unbranched alkanes of at least 4 members (excludes halogenated alkanes) is 2. The van der Waals surface area contributed by atoms with Crippen molar-refractivity contribution >= 4 is 17.4 Å². The molecule has 0 unspecified atom stereocenters. The van der Waals surface area contributed by atoms with E-state index in [9.17, 15) is 9.59 Å². The van der Waals surface area contributed by atoms with Crippen molar-refractivity contribution in [2.24, 2.45) is 0 Å². The summed E-state index contributed by atoms with van der Waals surface area (Å²) in [5.74, 6) is -0.239. The fraction of sp³-hybridized carbons (Fsp3) is 0.565. The molecule has 0 aromatic heterocycles. The number of amides is 2. The number of nitrogens with zero attached hydrogens (tertiary/aromatic N) is 3. The van der Waals surface area contributed by atoms with E-state index in [1.807, 2.05) is 18.2 Å². The molecule has 5 heteroatoms. The number of benzene rings is 1. The van der Waals surface area contributed by atoms with E-state index < -0.39 is 0 Å². The monoisotopic (exact) mass is 383 g/mol. The van der Waals surface area contributed by atoms with Crippen LogP contribution in [0.3, 0.4) is 0 Å². The van der Waals surface area contributed by atoms with Gasteiger partial charge in [0.1, 0.15) is 5.70 Å². The third-order valence-electron chi connectivity index (χ3n) is 6.06.